The number of nitrogens with one attached hydrogen (secondary N) is 4. The van der Waals surface area contributed by atoms with Crippen LogP contribution in [0.15, 0.2) is 24.3 Å². The maximum atomic E-state index is 13.2. The summed E-state index contributed by atoms with van der Waals surface area (Å²) >= 11 is 0. The lowest BCUT2D eigenvalue weighted by atomic mass is 9.87. The molecule has 0 spiro atoms. The zero-order chi connectivity index (χ0) is 57.2. The monoisotopic (exact) mass is 1100 g/mol. The summed E-state index contributed by atoms with van der Waals surface area (Å²) in [6, 6.07) is -1.16. The van der Waals surface area contributed by atoms with E-state index in [9.17, 15) is 73.5 Å². The van der Waals surface area contributed by atoms with Gasteiger partial charge >= 0.3 is 30.0 Å². The molecule has 3 atom stereocenters. The number of carbonyl (C=O) groups excluding carboxylic acids is 6. The third-order valence-corrected chi connectivity index (χ3v) is 12.9. The van der Waals surface area contributed by atoms with Crippen LogP contribution in [0.5, 0.6) is 0 Å². The number of carboxylic acid groups (broad SMARTS) is 4. The van der Waals surface area contributed by atoms with Crippen molar-refractivity contribution in [2.75, 3.05) is 131 Å². The lowest BCUT2D eigenvalue weighted by molar-refractivity contribution is -0.145. The van der Waals surface area contributed by atoms with Crippen molar-refractivity contribution in [2.45, 2.75) is 90.4 Å². The molecule has 1 fully saturated rings. The molecule has 0 bridgehead atoms. The second-order valence-corrected chi connectivity index (χ2v) is 21.0. The number of hydrogen-bond acceptors (Lipinski definition) is 18. The third kappa shape index (κ3) is 26.2. The van der Waals surface area contributed by atoms with E-state index in [1.807, 2.05) is 27.7 Å². The van der Waals surface area contributed by atoms with Crippen molar-refractivity contribution in [3.63, 3.8) is 0 Å². The standard InChI is InChI=1S/C50H81N9O18/c1-48(2,32-53-38(60)9-8-37(45(70)71)58-25-23-56(30-43(66)67)21-19-55(29-42(64)65)20-22-57(24-26-58)31-44(68)69)34-76-35-49(3,4)33-54-47(73)77-36-7-5-6-14-50(74,15-12-36)46(72)52-17-28-75-27-16-51-39(61)13-18-59-40(62)10-11-41(59)63/h5,7,10-11,36-37,74H,6,8-9,12-35H2,1-4H3,(H,51,61)(H,52,72)(H,53,60)(H,54,73)(H,64,65)(H,66,67)(H,68,69)(H,70,71)/b7-5+/t36-,37?,50-/m0/s1. The van der Waals surface area contributed by atoms with Gasteiger partial charge in [0.1, 0.15) is 17.7 Å². The van der Waals surface area contributed by atoms with Crippen LogP contribution in [-0.4, -0.2) is 258 Å². The van der Waals surface area contributed by atoms with Crippen molar-refractivity contribution < 1.29 is 87.7 Å². The van der Waals surface area contributed by atoms with Crippen LogP contribution in [0.3, 0.4) is 0 Å². The molecular weight excluding hydrogens is 1010 g/mol. The third-order valence-electron chi connectivity index (χ3n) is 12.9. The maximum absolute atomic E-state index is 13.2. The Morgan fingerprint density at radius 1 is 0.662 bits per heavy atom. The summed E-state index contributed by atoms with van der Waals surface area (Å²) in [5, 5.41) is 61.0. The van der Waals surface area contributed by atoms with Gasteiger partial charge in [-0.15, -0.1) is 0 Å². The van der Waals surface area contributed by atoms with E-state index in [-0.39, 0.29) is 176 Å². The number of nitrogens with zero attached hydrogens (tertiary/aromatic N) is 5. The molecule has 2 aliphatic heterocycles. The fraction of sp³-hybridized carbons (Fsp3) is 0.720. The van der Waals surface area contributed by atoms with Gasteiger partial charge in [-0.1, -0.05) is 33.8 Å². The van der Waals surface area contributed by atoms with Crippen LogP contribution in [0.1, 0.15) is 72.6 Å². The molecule has 0 aromatic carbocycles. The molecule has 3 aliphatic rings. The summed E-state index contributed by atoms with van der Waals surface area (Å²) in [6.45, 7) is 8.83. The van der Waals surface area contributed by atoms with Crippen LogP contribution in [0, 0.1) is 10.8 Å². The molecular formula is C50H81N9O18. The summed E-state index contributed by atoms with van der Waals surface area (Å²) in [5.74, 6) is -6.81. The van der Waals surface area contributed by atoms with Crippen LogP contribution in [-0.2, 0) is 57.4 Å². The molecule has 9 N–H and O–H groups in total. The van der Waals surface area contributed by atoms with Gasteiger partial charge in [-0.25, -0.2) is 4.79 Å². The van der Waals surface area contributed by atoms with Gasteiger partial charge in [0.15, 0.2) is 0 Å². The first-order valence-corrected chi connectivity index (χ1v) is 25.9. The number of amides is 6. The number of imide groups is 1. The highest BCUT2D eigenvalue weighted by Crippen LogP contribution is 2.26. The van der Waals surface area contributed by atoms with Gasteiger partial charge in [0.2, 0.25) is 11.8 Å². The predicted molar refractivity (Wildman–Crippen MR) is 274 cm³/mol. The van der Waals surface area contributed by atoms with E-state index in [1.54, 1.807) is 31.8 Å². The highest BCUT2D eigenvalue weighted by Gasteiger charge is 2.37. The van der Waals surface area contributed by atoms with E-state index < -0.39 is 82.2 Å². The Balaban J connectivity index is 1.38. The average molecular weight is 1100 g/mol. The second kappa shape index (κ2) is 32.6. The van der Waals surface area contributed by atoms with Gasteiger partial charge in [-0.05, 0) is 38.2 Å². The zero-order valence-corrected chi connectivity index (χ0v) is 44.8. The molecule has 1 unspecified atom stereocenters. The molecule has 0 radical (unpaired) electrons. The number of rotatable bonds is 30. The first kappa shape index (κ1) is 65.2. The SMILES string of the molecule is CC(C)(CNC(=O)CCC(C(=O)O)N1CCN(CC(=O)O)CCN(CC(=O)O)CCN(CC(=O)O)CC1)COCC(C)(C)CNC(=O)O[C@H]1/C=C/CC[C@@](O)(C(=O)NCCOCCNC(=O)CCN2C(=O)C=CC2=O)CC1. The van der Waals surface area contributed by atoms with E-state index in [2.05, 4.69) is 21.3 Å². The lowest BCUT2D eigenvalue weighted by Gasteiger charge is -2.35. The fourth-order valence-electron chi connectivity index (χ4n) is 8.48. The number of carbonyl (C=O) groups is 10. The van der Waals surface area contributed by atoms with Gasteiger partial charge in [-0.3, -0.25) is 67.7 Å². The minimum atomic E-state index is -1.72. The van der Waals surface area contributed by atoms with Crippen LogP contribution in [0.25, 0.3) is 0 Å². The molecule has 1 saturated heterocycles. The Morgan fingerprint density at radius 3 is 1.68 bits per heavy atom. The number of allylic oxidation sites excluding steroid dienone is 1. The predicted octanol–water partition coefficient (Wildman–Crippen LogP) is -1.60. The van der Waals surface area contributed by atoms with Gasteiger partial charge < -0.3 is 61.0 Å². The molecule has 0 aromatic rings. The average Bonchev–Trinajstić information content (AvgIpc) is 3.66. The molecule has 6 amide bonds. The molecule has 27 heteroatoms. The first-order chi connectivity index (χ1) is 36.3. The van der Waals surface area contributed by atoms with Crippen molar-refractivity contribution in [1.82, 2.24) is 45.8 Å². The Labute approximate surface area is 448 Å². The summed E-state index contributed by atoms with van der Waals surface area (Å²) < 4.78 is 17.1. The minimum Gasteiger partial charge on any atom is -0.480 e. The summed E-state index contributed by atoms with van der Waals surface area (Å²) in [7, 11) is 0. The Bertz CT molecular complexity index is 2040. The van der Waals surface area contributed by atoms with Crippen molar-refractivity contribution in [3.05, 3.63) is 24.3 Å². The number of hydrogen-bond donors (Lipinski definition) is 9. The largest absolute Gasteiger partial charge is 0.480 e. The van der Waals surface area contributed by atoms with Gasteiger partial charge in [0, 0.05) is 121 Å². The van der Waals surface area contributed by atoms with E-state index >= 15 is 0 Å². The number of carboxylic acids is 4. The molecule has 3 rings (SSSR count). The molecule has 77 heavy (non-hydrogen) atoms. The van der Waals surface area contributed by atoms with E-state index in [1.165, 1.54) is 0 Å². The highest BCUT2D eigenvalue weighted by molar-refractivity contribution is 6.13. The number of ether oxygens (including phenoxy) is 3. The van der Waals surface area contributed by atoms with Crippen LogP contribution >= 0.6 is 0 Å². The fourth-order valence-corrected chi connectivity index (χ4v) is 8.48. The summed E-state index contributed by atoms with van der Waals surface area (Å²) in [5.41, 5.74) is -2.85. The normalized spacial score (nSPS) is 20.6. The number of aliphatic carboxylic acids is 4. The molecule has 1 aliphatic carbocycles. The van der Waals surface area contributed by atoms with Crippen molar-refractivity contribution in [2.24, 2.45) is 10.8 Å². The van der Waals surface area contributed by atoms with Crippen LogP contribution < -0.4 is 21.3 Å². The van der Waals surface area contributed by atoms with Crippen LogP contribution in [0.2, 0.25) is 0 Å². The lowest BCUT2D eigenvalue weighted by Crippen LogP contribution is -2.52. The van der Waals surface area contributed by atoms with Crippen molar-refractivity contribution in [1.29, 1.82) is 0 Å². The molecule has 0 saturated carbocycles. The smallest absolute Gasteiger partial charge is 0.407 e. The second-order valence-electron chi connectivity index (χ2n) is 21.0. The van der Waals surface area contributed by atoms with E-state index in [0.717, 1.165) is 17.1 Å². The zero-order valence-electron chi connectivity index (χ0n) is 44.8. The van der Waals surface area contributed by atoms with Crippen LogP contribution in [0.4, 0.5) is 4.79 Å². The van der Waals surface area contributed by atoms with Crippen molar-refractivity contribution in [3.8, 4) is 0 Å². The van der Waals surface area contributed by atoms with Crippen molar-refractivity contribution >= 4 is 59.5 Å². The Morgan fingerprint density at radius 2 is 1.16 bits per heavy atom. The Hall–Kier alpha value is -6.10. The quantitative estimate of drug-likeness (QED) is 0.0222. The Kier molecular flexibility index (Phi) is 27.6. The molecule has 0 aromatic heterocycles. The van der Waals surface area contributed by atoms with E-state index in [4.69, 9.17) is 14.2 Å². The van der Waals surface area contributed by atoms with Gasteiger partial charge in [0.05, 0.1) is 46.1 Å². The maximum Gasteiger partial charge on any atom is 0.407 e. The minimum absolute atomic E-state index is 0.0168. The number of aliphatic hydroxyl groups is 1. The molecule has 434 valence electrons. The van der Waals surface area contributed by atoms with E-state index in [0.29, 0.717) is 6.42 Å². The topological polar surface area (TPSA) is 364 Å². The molecule has 27 nitrogen and oxygen atoms in total. The van der Waals surface area contributed by atoms with Gasteiger partial charge in [-0.2, -0.15) is 0 Å². The summed E-state index contributed by atoms with van der Waals surface area (Å²) in [6.07, 6.45) is 4.70. The molecule has 2 heterocycles. The summed E-state index contributed by atoms with van der Waals surface area (Å²) in [4.78, 5) is 129. The first-order valence-electron chi connectivity index (χ1n) is 25.9. The number of alkyl carbamates (subject to hydrolysis) is 1. The highest BCUT2D eigenvalue weighted by atomic mass is 16.6. The van der Waals surface area contributed by atoms with Gasteiger partial charge in [0.25, 0.3) is 17.7 Å².